The van der Waals surface area contributed by atoms with Crippen molar-refractivity contribution in [2.24, 2.45) is 0 Å². The second-order valence-electron chi connectivity index (χ2n) is 3.70. The summed E-state index contributed by atoms with van der Waals surface area (Å²) in [5, 5.41) is 0. The van der Waals surface area contributed by atoms with Crippen LogP contribution in [-0.4, -0.2) is 26.3 Å². The highest BCUT2D eigenvalue weighted by Crippen LogP contribution is 2.06. The molecule has 0 saturated carbocycles. The van der Waals surface area contributed by atoms with Gasteiger partial charge in [-0.25, -0.2) is 0 Å². The Morgan fingerprint density at radius 3 is 2.81 bits per heavy atom. The standard InChI is InChI=1S/C13H18O3/c1-11-4-3-5-12(10-11)6-7-13(14)16-9-8-15-2/h3-5,10H,6-9H2,1-2H3. The number of esters is 1. The van der Waals surface area contributed by atoms with Gasteiger partial charge < -0.3 is 9.47 Å². The summed E-state index contributed by atoms with van der Waals surface area (Å²) >= 11 is 0. The van der Waals surface area contributed by atoms with Gasteiger partial charge in [0.25, 0.3) is 0 Å². The molecule has 0 atom stereocenters. The maximum absolute atomic E-state index is 11.3. The van der Waals surface area contributed by atoms with E-state index in [1.54, 1.807) is 7.11 Å². The molecule has 1 rings (SSSR count). The summed E-state index contributed by atoms with van der Waals surface area (Å²) in [6, 6.07) is 8.15. The van der Waals surface area contributed by atoms with E-state index >= 15 is 0 Å². The molecule has 0 fully saturated rings. The largest absolute Gasteiger partial charge is 0.463 e. The molecule has 0 heterocycles. The first kappa shape index (κ1) is 12.7. The summed E-state index contributed by atoms with van der Waals surface area (Å²) in [7, 11) is 1.58. The van der Waals surface area contributed by atoms with Crippen LogP contribution in [0.15, 0.2) is 24.3 Å². The van der Waals surface area contributed by atoms with E-state index in [2.05, 4.69) is 6.07 Å². The zero-order chi connectivity index (χ0) is 11.8. The lowest BCUT2D eigenvalue weighted by atomic mass is 10.1. The second kappa shape index (κ2) is 7.01. The molecule has 0 radical (unpaired) electrons. The van der Waals surface area contributed by atoms with E-state index in [9.17, 15) is 4.79 Å². The highest BCUT2D eigenvalue weighted by molar-refractivity contribution is 5.69. The summed E-state index contributed by atoms with van der Waals surface area (Å²) < 4.78 is 9.76. The van der Waals surface area contributed by atoms with Gasteiger partial charge in [0, 0.05) is 13.5 Å². The molecule has 0 aliphatic heterocycles. The number of hydrogen-bond acceptors (Lipinski definition) is 3. The molecule has 0 saturated heterocycles. The van der Waals surface area contributed by atoms with E-state index in [0.717, 1.165) is 6.42 Å². The van der Waals surface area contributed by atoms with Crippen LogP contribution in [0.3, 0.4) is 0 Å². The predicted octanol–water partition coefficient (Wildman–Crippen LogP) is 2.12. The van der Waals surface area contributed by atoms with Crippen LogP contribution >= 0.6 is 0 Å². The summed E-state index contributed by atoms with van der Waals surface area (Å²) in [6.07, 6.45) is 1.15. The Labute approximate surface area is 96.4 Å². The number of carbonyl (C=O) groups is 1. The normalized spacial score (nSPS) is 10.1. The molecule has 88 valence electrons. The van der Waals surface area contributed by atoms with Crippen LogP contribution in [0.1, 0.15) is 17.5 Å². The average Bonchev–Trinajstić information content (AvgIpc) is 2.27. The van der Waals surface area contributed by atoms with Crippen molar-refractivity contribution in [2.45, 2.75) is 19.8 Å². The number of rotatable bonds is 6. The summed E-state index contributed by atoms with van der Waals surface area (Å²) in [6.45, 7) is 2.83. The van der Waals surface area contributed by atoms with Crippen molar-refractivity contribution in [3.05, 3.63) is 35.4 Å². The molecule has 0 aromatic heterocycles. The van der Waals surface area contributed by atoms with Crippen molar-refractivity contribution in [1.82, 2.24) is 0 Å². The fraction of sp³-hybridized carbons (Fsp3) is 0.462. The number of hydrogen-bond donors (Lipinski definition) is 0. The zero-order valence-electron chi connectivity index (χ0n) is 9.86. The molecular formula is C13H18O3. The van der Waals surface area contributed by atoms with Gasteiger partial charge in [-0.3, -0.25) is 4.79 Å². The van der Waals surface area contributed by atoms with Crippen LogP contribution in [0.2, 0.25) is 0 Å². The Bertz CT molecular complexity index is 334. The van der Waals surface area contributed by atoms with Crippen molar-refractivity contribution < 1.29 is 14.3 Å². The molecule has 0 bridgehead atoms. The first-order valence-corrected chi connectivity index (χ1v) is 5.42. The predicted molar refractivity (Wildman–Crippen MR) is 62.3 cm³/mol. The average molecular weight is 222 g/mol. The third kappa shape index (κ3) is 4.94. The lowest BCUT2D eigenvalue weighted by molar-refractivity contribution is -0.144. The quantitative estimate of drug-likeness (QED) is 0.546. The van der Waals surface area contributed by atoms with E-state index < -0.39 is 0 Å². The fourth-order valence-corrected chi connectivity index (χ4v) is 1.43. The van der Waals surface area contributed by atoms with Gasteiger partial charge in [-0.05, 0) is 18.9 Å². The number of aryl methyl sites for hydroxylation is 2. The van der Waals surface area contributed by atoms with Crippen LogP contribution in [-0.2, 0) is 20.7 Å². The zero-order valence-corrected chi connectivity index (χ0v) is 9.86. The van der Waals surface area contributed by atoms with E-state index in [4.69, 9.17) is 9.47 Å². The Morgan fingerprint density at radius 2 is 2.12 bits per heavy atom. The van der Waals surface area contributed by atoms with Crippen molar-refractivity contribution in [3.8, 4) is 0 Å². The molecule has 0 aliphatic rings. The maximum atomic E-state index is 11.3. The molecule has 0 spiro atoms. The monoisotopic (exact) mass is 222 g/mol. The molecular weight excluding hydrogens is 204 g/mol. The first-order chi connectivity index (χ1) is 7.72. The third-order valence-corrected chi connectivity index (χ3v) is 2.25. The minimum Gasteiger partial charge on any atom is -0.463 e. The van der Waals surface area contributed by atoms with Gasteiger partial charge in [0.15, 0.2) is 0 Å². The van der Waals surface area contributed by atoms with Crippen LogP contribution in [0, 0.1) is 6.92 Å². The summed E-state index contributed by atoms with van der Waals surface area (Å²) in [5.41, 5.74) is 2.38. The lowest BCUT2D eigenvalue weighted by Crippen LogP contribution is -2.10. The topological polar surface area (TPSA) is 35.5 Å². The minimum atomic E-state index is -0.168. The third-order valence-electron chi connectivity index (χ3n) is 2.25. The van der Waals surface area contributed by atoms with Gasteiger partial charge in [-0.1, -0.05) is 29.8 Å². The van der Waals surface area contributed by atoms with E-state index in [0.29, 0.717) is 19.6 Å². The highest BCUT2D eigenvalue weighted by Gasteiger charge is 2.03. The Balaban J connectivity index is 2.26. The van der Waals surface area contributed by atoms with Gasteiger partial charge in [-0.15, -0.1) is 0 Å². The minimum absolute atomic E-state index is 0.168. The molecule has 0 aliphatic carbocycles. The number of methoxy groups -OCH3 is 1. The van der Waals surface area contributed by atoms with E-state index in [1.807, 2.05) is 25.1 Å². The van der Waals surface area contributed by atoms with Crippen LogP contribution in [0.5, 0.6) is 0 Å². The highest BCUT2D eigenvalue weighted by atomic mass is 16.6. The Kier molecular flexibility index (Phi) is 5.57. The lowest BCUT2D eigenvalue weighted by Gasteiger charge is -2.04. The van der Waals surface area contributed by atoms with Gasteiger partial charge >= 0.3 is 5.97 Å². The number of ether oxygens (including phenoxy) is 2. The van der Waals surface area contributed by atoms with Crippen LogP contribution < -0.4 is 0 Å². The van der Waals surface area contributed by atoms with Gasteiger partial charge in [0.05, 0.1) is 6.61 Å². The second-order valence-corrected chi connectivity index (χ2v) is 3.70. The van der Waals surface area contributed by atoms with E-state index in [1.165, 1.54) is 11.1 Å². The SMILES string of the molecule is COCCOC(=O)CCc1cccc(C)c1. The van der Waals surface area contributed by atoms with E-state index in [-0.39, 0.29) is 5.97 Å². The summed E-state index contributed by atoms with van der Waals surface area (Å²) in [4.78, 5) is 11.3. The van der Waals surface area contributed by atoms with Crippen molar-refractivity contribution in [2.75, 3.05) is 20.3 Å². The first-order valence-electron chi connectivity index (χ1n) is 5.42. The Hall–Kier alpha value is -1.35. The number of carbonyl (C=O) groups excluding carboxylic acids is 1. The fourth-order valence-electron chi connectivity index (χ4n) is 1.43. The van der Waals surface area contributed by atoms with Crippen LogP contribution in [0.25, 0.3) is 0 Å². The van der Waals surface area contributed by atoms with Gasteiger partial charge in [0.1, 0.15) is 6.61 Å². The smallest absolute Gasteiger partial charge is 0.306 e. The van der Waals surface area contributed by atoms with Gasteiger partial charge in [-0.2, -0.15) is 0 Å². The maximum Gasteiger partial charge on any atom is 0.306 e. The van der Waals surface area contributed by atoms with Gasteiger partial charge in [0.2, 0.25) is 0 Å². The molecule has 0 unspecified atom stereocenters. The van der Waals surface area contributed by atoms with Crippen molar-refractivity contribution in [3.63, 3.8) is 0 Å². The summed E-state index contributed by atoms with van der Waals surface area (Å²) in [5.74, 6) is -0.168. The molecule has 3 heteroatoms. The molecule has 0 amide bonds. The Morgan fingerprint density at radius 1 is 1.31 bits per heavy atom. The number of benzene rings is 1. The van der Waals surface area contributed by atoms with Crippen molar-refractivity contribution >= 4 is 5.97 Å². The molecule has 1 aromatic rings. The molecule has 16 heavy (non-hydrogen) atoms. The molecule has 3 nitrogen and oxygen atoms in total. The molecule has 1 aromatic carbocycles. The van der Waals surface area contributed by atoms with Crippen LogP contribution in [0.4, 0.5) is 0 Å². The molecule has 0 N–H and O–H groups in total. The van der Waals surface area contributed by atoms with Crippen molar-refractivity contribution in [1.29, 1.82) is 0 Å².